The van der Waals surface area contributed by atoms with Crippen LogP contribution in [0.3, 0.4) is 0 Å². The van der Waals surface area contributed by atoms with Crippen LogP contribution in [-0.2, 0) is 4.79 Å². The molecular formula is C17H19BrN2O. The van der Waals surface area contributed by atoms with Crippen LogP contribution < -0.4 is 10.6 Å². The van der Waals surface area contributed by atoms with Crippen molar-refractivity contribution in [3.05, 3.63) is 64.1 Å². The predicted molar refractivity (Wildman–Crippen MR) is 90.4 cm³/mol. The number of benzene rings is 2. The molecule has 0 saturated heterocycles. The molecular weight excluding hydrogens is 328 g/mol. The Morgan fingerprint density at radius 1 is 1.14 bits per heavy atom. The van der Waals surface area contributed by atoms with Crippen molar-refractivity contribution in [2.75, 3.05) is 11.9 Å². The van der Waals surface area contributed by atoms with Crippen LogP contribution >= 0.6 is 15.9 Å². The van der Waals surface area contributed by atoms with Crippen LogP contribution in [0.4, 0.5) is 5.69 Å². The van der Waals surface area contributed by atoms with Crippen LogP contribution in [0, 0.1) is 6.92 Å². The first kappa shape index (κ1) is 15.7. The summed E-state index contributed by atoms with van der Waals surface area (Å²) in [5.74, 6) is -0.0548. The van der Waals surface area contributed by atoms with Gasteiger partial charge < -0.3 is 10.6 Å². The maximum absolute atomic E-state index is 12.0. The zero-order valence-electron chi connectivity index (χ0n) is 12.2. The average Bonchev–Trinajstić information content (AvgIpc) is 2.48. The molecule has 2 N–H and O–H groups in total. The van der Waals surface area contributed by atoms with E-state index in [-0.39, 0.29) is 18.5 Å². The molecule has 1 amide bonds. The first-order chi connectivity index (χ1) is 10.1. The Morgan fingerprint density at radius 2 is 1.81 bits per heavy atom. The van der Waals surface area contributed by atoms with E-state index in [1.807, 2.05) is 24.3 Å². The molecule has 0 spiro atoms. The lowest BCUT2D eigenvalue weighted by Crippen LogP contribution is -2.30. The van der Waals surface area contributed by atoms with Gasteiger partial charge in [0, 0.05) is 10.5 Å². The van der Waals surface area contributed by atoms with E-state index in [0.717, 1.165) is 10.2 Å². The number of nitrogens with one attached hydrogen (secondary N) is 2. The summed E-state index contributed by atoms with van der Waals surface area (Å²) < 4.78 is 0.880. The summed E-state index contributed by atoms with van der Waals surface area (Å²) in [7, 11) is 0. The summed E-state index contributed by atoms with van der Waals surface area (Å²) in [6.07, 6.45) is 0. The van der Waals surface area contributed by atoms with Crippen molar-refractivity contribution in [2.45, 2.75) is 19.9 Å². The van der Waals surface area contributed by atoms with E-state index in [9.17, 15) is 4.79 Å². The predicted octanol–water partition coefficient (Wildman–Crippen LogP) is 4.05. The van der Waals surface area contributed by atoms with E-state index >= 15 is 0 Å². The van der Waals surface area contributed by atoms with Gasteiger partial charge in [0.2, 0.25) is 5.91 Å². The molecule has 21 heavy (non-hydrogen) atoms. The number of carbonyl (C=O) groups excluding carboxylic acids is 1. The van der Waals surface area contributed by atoms with Gasteiger partial charge >= 0.3 is 0 Å². The summed E-state index contributed by atoms with van der Waals surface area (Å²) in [6, 6.07) is 16.0. The van der Waals surface area contributed by atoms with E-state index in [1.165, 1.54) is 11.1 Å². The van der Waals surface area contributed by atoms with Gasteiger partial charge in [-0.2, -0.15) is 0 Å². The number of hydrogen-bond donors (Lipinski definition) is 2. The standard InChI is InChI=1S/C17H19BrN2O/c1-12-7-9-14(10-8-12)13(2)19-11-17(21)20-16-6-4-3-5-15(16)18/h3-10,13,19H,11H2,1-2H3,(H,20,21)/t13-/m1/s1. The molecule has 0 aliphatic rings. The number of amides is 1. The van der Waals surface area contributed by atoms with Crippen LogP contribution in [0.25, 0.3) is 0 Å². The number of halogens is 1. The van der Waals surface area contributed by atoms with Gasteiger partial charge in [-0.05, 0) is 47.5 Å². The highest BCUT2D eigenvalue weighted by Crippen LogP contribution is 2.21. The third-order valence-corrected chi connectivity index (χ3v) is 3.99. The Labute approximate surface area is 133 Å². The molecule has 2 aromatic rings. The van der Waals surface area contributed by atoms with E-state index in [2.05, 4.69) is 64.7 Å². The van der Waals surface area contributed by atoms with Crippen LogP contribution in [0.1, 0.15) is 24.1 Å². The van der Waals surface area contributed by atoms with E-state index in [4.69, 9.17) is 0 Å². The van der Waals surface area contributed by atoms with Crippen LogP contribution in [0.5, 0.6) is 0 Å². The third-order valence-electron chi connectivity index (χ3n) is 3.29. The molecule has 0 aromatic heterocycles. The minimum atomic E-state index is -0.0548. The van der Waals surface area contributed by atoms with E-state index in [1.54, 1.807) is 0 Å². The minimum absolute atomic E-state index is 0.0548. The lowest BCUT2D eigenvalue weighted by Gasteiger charge is -2.14. The Kier molecular flexibility index (Phi) is 5.53. The lowest BCUT2D eigenvalue weighted by molar-refractivity contribution is -0.115. The van der Waals surface area contributed by atoms with Crippen molar-refractivity contribution in [1.29, 1.82) is 0 Å². The first-order valence-corrected chi connectivity index (χ1v) is 7.70. The average molecular weight is 347 g/mol. The number of hydrogen-bond acceptors (Lipinski definition) is 2. The number of anilines is 1. The highest BCUT2D eigenvalue weighted by Gasteiger charge is 2.08. The van der Waals surface area contributed by atoms with Crippen molar-refractivity contribution in [2.24, 2.45) is 0 Å². The summed E-state index contributed by atoms with van der Waals surface area (Å²) in [5, 5.41) is 6.11. The topological polar surface area (TPSA) is 41.1 Å². The van der Waals surface area contributed by atoms with Crippen LogP contribution in [0.2, 0.25) is 0 Å². The SMILES string of the molecule is Cc1ccc([C@@H](C)NCC(=O)Nc2ccccc2Br)cc1. The van der Waals surface area contributed by atoms with Gasteiger partial charge in [-0.15, -0.1) is 0 Å². The normalized spacial score (nSPS) is 12.0. The fraction of sp³-hybridized carbons (Fsp3) is 0.235. The number of carbonyl (C=O) groups is 1. The fourth-order valence-corrected chi connectivity index (χ4v) is 2.36. The molecule has 1 atom stereocenters. The van der Waals surface area contributed by atoms with Gasteiger partial charge in [-0.3, -0.25) is 4.79 Å². The maximum atomic E-state index is 12.0. The zero-order chi connectivity index (χ0) is 15.2. The van der Waals surface area contributed by atoms with Crippen molar-refractivity contribution < 1.29 is 4.79 Å². The van der Waals surface area contributed by atoms with Gasteiger partial charge in [0.25, 0.3) is 0 Å². The van der Waals surface area contributed by atoms with Gasteiger partial charge in [0.15, 0.2) is 0 Å². The zero-order valence-corrected chi connectivity index (χ0v) is 13.8. The summed E-state index contributed by atoms with van der Waals surface area (Å²) >= 11 is 3.41. The molecule has 4 heteroatoms. The first-order valence-electron chi connectivity index (χ1n) is 6.90. The third kappa shape index (κ3) is 4.69. The fourth-order valence-electron chi connectivity index (χ4n) is 1.98. The Bertz CT molecular complexity index is 610. The van der Waals surface area contributed by atoms with Crippen molar-refractivity contribution in [3.63, 3.8) is 0 Å². The van der Waals surface area contributed by atoms with Crippen LogP contribution in [-0.4, -0.2) is 12.5 Å². The highest BCUT2D eigenvalue weighted by molar-refractivity contribution is 9.10. The van der Waals surface area contributed by atoms with Crippen LogP contribution in [0.15, 0.2) is 53.0 Å². The second kappa shape index (κ2) is 7.38. The quantitative estimate of drug-likeness (QED) is 0.857. The molecule has 2 rings (SSSR count). The smallest absolute Gasteiger partial charge is 0.238 e. The second-order valence-electron chi connectivity index (χ2n) is 5.04. The molecule has 0 fully saturated rings. The van der Waals surface area contributed by atoms with Crippen molar-refractivity contribution in [1.82, 2.24) is 5.32 Å². The molecule has 2 aromatic carbocycles. The maximum Gasteiger partial charge on any atom is 0.238 e. The molecule has 0 aliphatic carbocycles. The number of aryl methyl sites for hydroxylation is 1. The Hall–Kier alpha value is -1.65. The monoisotopic (exact) mass is 346 g/mol. The second-order valence-corrected chi connectivity index (χ2v) is 5.90. The Balaban J connectivity index is 1.86. The van der Waals surface area contributed by atoms with Crippen molar-refractivity contribution in [3.8, 4) is 0 Å². The molecule has 0 aliphatic heterocycles. The molecule has 3 nitrogen and oxygen atoms in total. The highest BCUT2D eigenvalue weighted by atomic mass is 79.9. The van der Waals surface area contributed by atoms with E-state index < -0.39 is 0 Å². The molecule has 0 heterocycles. The largest absolute Gasteiger partial charge is 0.324 e. The minimum Gasteiger partial charge on any atom is -0.324 e. The van der Waals surface area contributed by atoms with Gasteiger partial charge in [0.1, 0.15) is 0 Å². The Morgan fingerprint density at radius 3 is 2.48 bits per heavy atom. The van der Waals surface area contributed by atoms with Gasteiger partial charge in [-0.1, -0.05) is 42.0 Å². The number of para-hydroxylation sites is 1. The molecule has 0 radical (unpaired) electrons. The summed E-state index contributed by atoms with van der Waals surface area (Å²) in [6.45, 7) is 4.39. The molecule has 0 bridgehead atoms. The van der Waals surface area contributed by atoms with Gasteiger partial charge in [-0.25, -0.2) is 0 Å². The molecule has 110 valence electrons. The number of rotatable bonds is 5. The molecule has 0 unspecified atom stereocenters. The lowest BCUT2D eigenvalue weighted by atomic mass is 10.1. The molecule has 0 saturated carbocycles. The summed E-state index contributed by atoms with van der Waals surface area (Å²) in [5.41, 5.74) is 3.19. The van der Waals surface area contributed by atoms with E-state index in [0.29, 0.717) is 0 Å². The summed E-state index contributed by atoms with van der Waals surface area (Å²) in [4.78, 5) is 12.0. The van der Waals surface area contributed by atoms with Crippen molar-refractivity contribution >= 4 is 27.5 Å². The van der Waals surface area contributed by atoms with Gasteiger partial charge in [0.05, 0.1) is 12.2 Å².